The molecular formula is C25H18ClNO2S. The minimum absolute atomic E-state index is 0.156. The van der Waals surface area contributed by atoms with E-state index in [9.17, 15) is 9.59 Å². The molecule has 3 unspecified atom stereocenters. The Bertz CT molecular complexity index is 1130. The third kappa shape index (κ3) is 3.26. The topological polar surface area (TPSA) is 37.4 Å². The van der Waals surface area contributed by atoms with Crippen LogP contribution < -0.4 is 4.90 Å². The molecule has 2 amide bonds. The van der Waals surface area contributed by atoms with Gasteiger partial charge in [0.25, 0.3) is 0 Å². The summed E-state index contributed by atoms with van der Waals surface area (Å²) < 4.78 is 0. The predicted octanol–water partition coefficient (Wildman–Crippen LogP) is 5.77. The largest absolute Gasteiger partial charge is 0.274 e. The molecule has 0 spiro atoms. The average Bonchev–Trinajstić information content (AvgIpc) is 3.05. The molecule has 5 heteroatoms. The minimum Gasteiger partial charge on any atom is -0.274 e. The molecule has 3 aromatic carbocycles. The number of anilines is 1. The smallest absolute Gasteiger partial charge is 0.248 e. The number of imide groups is 1. The number of hydrogen-bond acceptors (Lipinski definition) is 3. The zero-order valence-corrected chi connectivity index (χ0v) is 17.5. The molecule has 0 saturated carbocycles. The second kappa shape index (κ2) is 7.78. The van der Waals surface area contributed by atoms with Crippen LogP contribution in [0.15, 0.2) is 91.0 Å². The van der Waals surface area contributed by atoms with Gasteiger partial charge in [-0.1, -0.05) is 78.3 Å². The van der Waals surface area contributed by atoms with Crippen LogP contribution in [0.1, 0.15) is 17.0 Å². The third-order valence-electron chi connectivity index (χ3n) is 5.59. The van der Waals surface area contributed by atoms with Gasteiger partial charge in [-0.3, -0.25) is 9.59 Å². The summed E-state index contributed by atoms with van der Waals surface area (Å²) in [6.45, 7) is 0. The van der Waals surface area contributed by atoms with Gasteiger partial charge < -0.3 is 0 Å². The number of fused-ring (bicyclic) bond motifs is 1. The molecule has 3 aromatic rings. The highest BCUT2D eigenvalue weighted by Crippen LogP contribution is 2.51. The Morgan fingerprint density at radius 3 is 2.07 bits per heavy atom. The van der Waals surface area contributed by atoms with Gasteiger partial charge in [-0.15, -0.1) is 11.8 Å². The average molecular weight is 432 g/mol. The van der Waals surface area contributed by atoms with Crippen LogP contribution in [0.3, 0.4) is 0 Å². The number of halogens is 1. The highest BCUT2D eigenvalue weighted by Gasteiger charge is 2.53. The number of nitrogens with zero attached hydrogens (tertiary/aromatic N) is 1. The van der Waals surface area contributed by atoms with E-state index < -0.39 is 11.2 Å². The lowest BCUT2D eigenvalue weighted by atomic mass is 9.83. The SMILES string of the molecule is O=C1C2SC(c3ccccc3)=CC(c3ccccc3)C2C(=O)N1c1ccc(Cl)cc1. The Kier molecular flexibility index (Phi) is 4.97. The Labute approximate surface area is 184 Å². The Morgan fingerprint density at radius 1 is 0.767 bits per heavy atom. The first-order valence-electron chi connectivity index (χ1n) is 9.76. The van der Waals surface area contributed by atoms with Crippen molar-refractivity contribution in [1.29, 1.82) is 0 Å². The Morgan fingerprint density at radius 2 is 1.40 bits per heavy atom. The number of rotatable bonds is 3. The Hall–Kier alpha value is -2.82. The molecule has 2 heterocycles. The molecule has 0 N–H and O–H groups in total. The summed E-state index contributed by atoms with van der Waals surface area (Å²) in [5.74, 6) is -0.925. The molecule has 1 saturated heterocycles. The highest BCUT2D eigenvalue weighted by molar-refractivity contribution is 8.09. The molecule has 0 aromatic heterocycles. The number of hydrogen-bond donors (Lipinski definition) is 0. The van der Waals surface area contributed by atoms with Gasteiger partial charge >= 0.3 is 0 Å². The summed E-state index contributed by atoms with van der Waals surface area (Å²) in [6, 6.07) is 26.8. The second-order valence-electron chi connectivity index (χ2n) is 7.39. The lowest BCUT2D eigenvalue weighted by molar-refractivity contribution is -0.122. The molecule has 0 bridgehead atoms. The van der Waals surface area contributed by atoms with Crippen LogP contribution in [0.2, 0.25) is 5.02 Å². The molecule has 5 rings (SSSR count). The quantitative estimate of drug-likeness (QED) is 0.494. The van der Waals surface area contributed by atoms with Gasteiger partial charge in [0.2, 0.25) is 11.8 Å². The fourth-order valence-corrected chi connectivity index (χ4v) is 5.70. The van der Waals surface area contributed by atoms with E-state index >= 15 is 0 Å². The lowest BCUT2D eigenvalue weighted by Crippen LogP contribution is -2.31. The molecule has 3 atom stereocenters. The van der Waals surface area contributed by atoms with E-state index in [1.165, 1.54) is 16.7 Å². The van der Waals surface area contributed by atoms with E-state index in [0.717, 1.165) is 16.0 Å². The molecule has 2 aliphatic rings. The number of amides is 2. The summed E-state index contributed by atoms with van der Waals surface area (Å²) in [5.41, 5.74) is 2.67. The normalized spacial score (nSPS) is 23.3. The summed E-state index contributed by atoms with van der Waals surface area (Å²) in [4.78, 5) is 29.3. The zero-order valence-electron chi connectivity index (χ0n) is 15.9. The highest BCUT2D eigenvalue weighted by atomic mass is 35.5. The molecule has 2 aliphatic heterocycles. The standard InChI is InChI=1S/C25H18ClNO2S/c26-18-11-13-19(14-12-18)27-24(28)22-20(16-7-3-1-4-8-16)15-21(30-23(22)25(27)29)17-9-5-2-6-10-17/h1-15,20,22-23H. The van der Waals surface area contributed by atoms with E-state index in [4.69, 9.17) is 11.6 Å². The van der Waals surface area contributed by atoms with E-state index in [2.05, 4.69) is 6.08 Å². The van der Waals surface area contributed by atoms with Crippen LogP contribution in [0, 0.1) is 5.92 Å². The second-order valence-corrected chi connectivity index (χ2v) is 9.01. The van der Waals surface area contributed by atoms with E-state index in [1.54, 1.807) is 24.3 Å². The molecular weight excluding hydrogens is 414 g/mol. The van der Waals surface area contributed by atoms with E-state index in [-0.39, 0.29) is 17.7 Å². The molecule has 30 heavy (non-hydrogen) atoms. The van der Waals surface area contributed by atoms with Crippen molar-refractivity contribution in [2.24, 2.45) is 5.92 Å². The van der Waals surface area contributed by atoms with Crippen molar-refractivity contribution >= 4 is 45.8 Å². The van der Waals surface area contributed by atoms with Crippen molar-refractivity contribution in [1.82, 2.24) is 0 Å². The number of allylic oxidation sites excluding steroid dienone is 1. The van der Waals surface area contributed by atoms with Gasteiger partial charge in [-0.2, -0.15) is 0 Å². The third-order valence-corrected chi connectivity index (χ3v) is 7.22. The van der Waals surface area contributed by atoms with Gasteiger partial charge in [0.1, 0.15) is 5.25 Å². The van der Waals surface area contributed by atoms with Crippen molar-refractivity contribution in [2.75, 3.05) is 4.90 Å². The number of carbonyl (C=O) groups is 2. The molecule has 0 aliphatic carbocycles. The van der Waals surface area contributed by atoms with Gasteiger partial charge in [0.15, 0.2) is 0 Å². The lowest BCUT2D eigenvalue weighted by Gasteiger charge is -2.29. The zero-order chi connectivity index (χ0) is 20.7. The summed E-state index contributed by atoms with van der Waals surface area (Å²) in [5, 5.41) is 0.110. The van der Waals surface area contributed by atoms with Crippen LogP contribution in [0.4, 0.5) is 5.69 Å². The summed E-state index contributed by atoms with van der Waals surface area (Å²) in [7, 11) is 0. The van der Waals surface area contributed by atoms with Gasteiger partial charge in [-0.05, 0) is 35.4 Å². The van der Waals surface area contributed by atoms with Crippen molar-refractivity contribution in [3.05, 3.63) is 107 Å². The van der Waals surface area contributed by atoms with Crippen LogP contribution in [-0.2, 0) is 9.59 Å². The van der Waals surface area contributed by atoms with Crippen molar-refractivity contribution < 1.29 is 9.59 Å². The number of benzene rings is 3. The van der Waals surface area contributed by atoms with Crippen LogP contribution in [0.5, 0.6) is 0 Å². The minimum atomic E-state index is -0.460. The maximum absolute atomic E-state index is 13.5. The van der Waals surface area contributed by atoms with E-state index in [0.29, 0.717) is 10.7 Å². The molecule has 3 nitrogen and oxygen atoms in total. The van der Waals surface area contributed by atoms with Crippen molar-refractivity contribution in [3.8, 4) is 0 Å². The van der Waals surface area contributed by atoms with Crippen molar-refractivity contribution in [3.63, 3.8) is 0 Å². The van der Waals surface area contributed by atoms with Gasteiger partial charge in [0, 0.05) is 15.8 Å². The first-order valence-corrected chi connectivity index (χ1v) is 11.0. The summed E-state index contributed by atoms with van der Waals surface area (Å²) in [6.07, 6.45) is 2.15. The monoisotopic (exact) mass is 431 g/mol. The Balaban J connectivity index is 1.60. The van der Waals surface area contributed by atoms with Crippen LogP contribution >= 0.6 is 23.4 Å². The fourth-order valence-electron chi connectivity index (χ4n) is 4.17. The first kappa shape index (κ1) is 19.2. The first-order chi connectivity index (χ1) is 14.6. The van der Waals surface area contributed by atoms with E-state index in [1.807, 2.05) is 60.7 Å². The molecule has 0 radical (unpaired) electrons. The fraction of sp³-hybridized carbons (Fsp3) is 0.120. The summed E-state index contributed by atoms with van der Waals surface area (Å²) >= 11 is 7.49. The van der Waals surface area contributed by atoms with Gasteiger partial charge in [-0.25, -0.2) is 4.90 Å². The molecule has 1 fully saturated rings. The van der Waals surface area contributed by atoms with Gasteiger partial charge in [0.05, 0.1) is 11.6 Å². The van der Waals surface area contributed by atoms with Crippen LogP contribution in [-0.4, -0.2) is 17.1 Å². The maximum atomic E-state index is 13.5. The maximum Gasteiger partial charge on any atom is 0.248 e. The predicted molar refractivity (Wildman–Crippen MR) is 122 cm³/mol. The van der Waals surface area contributed by atoms with Crippen molar-refractivity contribution in [2.45, 2.75) is 11.2 Å². The number of carbonyl (C=O) groups excluding carboxylic acids is 2. The van der Waals surface area contributed by atoms with Crippen LogP contribution in [0.25, 0.3) is 4.91 Å². The number of thioether (sulfide) groups is 1. The molecule has 148 valence electrons.